The number of hydrogen-bond donors (Lipinski definition) is 2. The molecule has 4 aromatic carbocycles. The van der Waals surface area contributed by atoms with Gasteiger partial charge in [-0.05, 0) is 40.3 Å². The number of fused-ring (bicyclic) bond motifs is 8. The molecule has 0 fully saturated rings. The Morgan fingerprint density at radius 2 is 1.60 bits per heavy atom. The monoisotopic (exact) mass is 572 g/mol. The standard InChI is InChI=1S/C36H32N2O5/c39-34-32-30(21-29(41-34)26-14-5-2-6-15-26)42-36(19-9-10-20-37-35(40)38-23-24-11-3-1-4-12-24)22-27-18-17-25-13-7-8-16-28(25)31(27)33(32)43-36/h1-8,11-18,21,33H,9-10,19-20,22-23H2,(H2,37,38,40)/t33-,36+/m0/s1. The molecule has 2 atom stereocenters. The maximum atomic E-state index is 13.5. The lowest BCUT2D eigenvalue weighted by Crippen LogP contribution is -2.50. The van der Waals surface area contributed by atoms with Crippen LogP contribution in [0.3, 0.4) is 0 Å². The van der Waals surface area contributed by atoms with E-state index in [2.05, 4.69) is 34.9 Å². The zero-order valence-electron chi connectivity index (χ0n) is 23.7. The van der Waals surface area contributed by atoms with E-state index in [1.807, 2.05) is 78.9 Å². The summed E-state index contributed by atoms with van der Waals surface area (Å²) in [6.45, 7) is 1.00. The first kappa shape index (κ1) is 27.0. The number of nitrogens with one attached hydrogen (secondary N) is 2. The van der Waals surface area contributed by atoms with E-state index in [-0.39, 0.29) is 6.03 Å². The number of unbranched alkanes of at least 4 members (excludes halogenated alkanes) is 1. The summed E-state index contributed by atoms with van der Waals surface area (Å²) in [5, 5.41) is 7.99. The highest BCUT2D eigenvalue weighted by Crippen LogP contribution is 2.51. The lowest BCUT2D eigenvalue weighted by atomic mass is 9.83. The first-order chi connectivity index (χ1) is 21.1. The molecule has 3 heterocycles. The van der Waals surface area contributed by atoms with E-state index in [1.165, 1.54) is 0 Å². The van der Waals surface area contributed by atoms with Crippen LogP contribution in [0, 0.1) is 0 Å². The fourth-order valence-electron chi connectivity index (χ4n) is 6.18. The van der Waals surface area contributed by atoms with Gasteiger partial charge in [0.05, 0.1) is 0 Å². The second-order valence-electron chi connectivity index (χ2n) is 11.1. The van der Waals surface area contributed by atoms with Gasteiger partial charge in [-0.25, -0.2) is 9.59 Å². The number of carbonyl (C=O) groups excluding carboxylic acids is 1. The molecular formula is C36H32N2O5. The van der Waals surface area contributed by atoms with Gasteiger partial charge in [0.25, 0.3) is 0 Å². The van der Waals surface area contributed by atoms with Crippen molar-refractivity contribution in [2.24, 2.45) is 0 Å². The number of carbonyl (C=O) groups is 1. The highest BCUT2D eigenvalue weighted by molar-refractivity contribution is 5.88. The largest absolute Gasteiger partial charge is 0.461 e. The summed E-state index contributed by atoms with van der Waals surface area (Å²) in [6.07, 6.45) is 2.05. The molecule has 2 aliphatic heterocycles. The molecule has 2 bridgehead atoms. The minimum absolute atomic E-state index is 0.195. The Labute approximate surface area is 249 Å². The molecule has 2 amide bonds. The third-order valence-corrected chi connectivity index (χ3v) is 8.25. The van der Waals surface area contributed by atoms with Crippen LogP contribution < -0.4 is 21.0 Å². The molecule has 7 rings (SSSR count). The van der Waals surface area contributed by atoms with Gasteiger partial charge in [0.2, 0.25) is 5.79 Å². The lowest BCUT2D eigenvalue weighted by Gasteiger charge is -2.46. The zero-order valence-corrected chi connectivity index (χ0v) is 23.7. The van der Waals surface area contributed by atoms with Crippen molar-refractivity contribution in [3.63, 3.8) is 0 Å². The molecule has 43 heavy (non-hydrogen) atoms. The molecule has 2 aliphatic rings. The highest BCUT2D eigenvalue weighted by atomic mass is 16.7. The minimum Gasteiger partial charge on any atom is -0.461 e. The van der Waals surface area contributed by atoms with Crippen LogP contribution in [-0.2, 0) is 17.7 Å². The summed E-state index contributed by atoms with van der Waals surface area (Å²) in [6, 6.07) is 33.4. The van der Waals surface area contributed by atoms with Crippen LogP contribution in [0.2, 0.25) is 0 Å². The second-order valence-corrected chi connectivity index (χ2v) is 11.1. The van der Waals surface area contributed by atoms with Crippen molar-refractivity contribution in [2.45, 2.75) is 44.1 Å². The van der Waals surface area contributed by atoms with Gasteiger partial charge in [0.15, 0.2) is 0 Å². The number of benzene rings is 4. The quantitative estimate of drug-likeness (QED) is 0.198. The molecule has 0 spiro atoms. The van der Waals surface area contributed by atoms with Crippen molar-refractivity contribution in [3.8, 4) is 17.1 Å². The molecule has 216 valence electrons. The summed E-state index contributed by atoms with van der Waals surface area (Å²) in [7, 11) is 0. The normalized spacial score (nSPS) is 18.3. The topological polar surface area (TPSA) is 89.8 Å². The van der Waals surface area contributed by atoms with Crippen molar-refractivity contribution >= 4 is 16.8 Å². The van der Waals surface area contributed by atoms with Crippen LogP contribution in [-0.4, -0.2) is 18.4 Å². The fraction of sp³-hybridized carbons (Fsp3) is 0.222. The van der Waals surface area contributed by atoms with Gasteiger partial charge in [-0.2, -0.15) is 0 Å². The van der Waals surface area contributed by atoms with Crippen LogP contribution in [0.5, 0.6) is 5.75 Å². The Hall–Kier alpha value is -4.88. The van der Waals surface area contributed by atoms with Gasteiger partial charge in [0, 0.05) is 37.6 Å². The van der Waals surface area contributed by atoms with Gasteiger partial charge in [-0.3, -0.25) is 0 Å². The molecule has 1 aromatic heterocycles. The van der Waals surface area contributed by atoms with Gasteiger partial charge in [-0.1, -0.05) is 97.1 Å². The van der Waals surface area contributed by atoms with E-state index in [0.29, 0.717) is 43.0 Å². The lowest BCUT2D eigenvalue weighted by molar-refractivity contribution is -0.232. The van der Waals surface area contributed by atoms with E-state index < -0.39 is 17.5 Å². The van der Waals surface area contributed by atoms with Crippen molar-refractivity contribution in [2.75, 3.05) is 6.54 Å². The van der Waals surface area contributed by atoms with E-state index in [0.717, 1.165) is 45.9 Å². The maximum absolute atomic E-state index is 13.5. The number of amides is 2. The summed E-state index contributed by atoms with van der Waals surface area (Å²) in [4.78, 5) is 25.8. The Morgan fingerprint density at radius 1 is 0.837 bits per heavy atom. The molecule has 7 nitrogen and oxygen atoms in total. The molecule has 0 radical (unpaired) electrons. The van der Waals surface area contributed by atoms with Crippen molar-refractivity contribution in [1.82, 2.24) is 10.6 Å². The average Bonchev–Trinajstić information content (AvgIpc) is 3.04. The third-order valence-electron chi connectivity index (χ3n) is 8.25. The molecule has 2 N–H and O–H groups in total. The molecular weight excluding hydrogens is 540 g/mol. The summed E-state index contributed by atoms with van der Waals surface area (Å²) < 4.78 is 19.2. The minimum atomic E-state index is -0.940. The van der Waals surface area contributed by atoms with Crippen LogP contribution in [0.4, 0.5) is 4.79 Å². The smallest absolute Gasteiger partial charge is 0.346 e. The Kier molecular flexibility index (Phi) is 7.17. The summed E-state index contributed by atoms with van der Waals surface area (Å²) in [5.41, 5.74) is 3.89. The van der Waals surface area contributed by atoms with Gasteiger partial charge < -0.3 is 24.5 Å². The van der Waals surface area contributed by atoms with E-state index in [4.69, 9.17) is 13.9 Å². The summed E-state index contributed by atoms with van der Waals surface area (Å²) >= 11 is 0. The van der Waals surface area contributed by atoms with Crippen LogP contribution >= 0.6 is 0 Å². The molecule has 0 aliphatic carbocycles. The van der Waals surface area contributed by atoms with E-state index >= 15 is 0 Å². The highest BCUT2D eigenvalue weighted by Gasteiger charge is 2.49. The number of hydrogen-bond acceptors (Lipinski definition) is 5. The fourth-order valence-corrected chi connectivity index (χ4v) is 6.18. The first-order valence-electron chi connectivity index (χ1n) is 14.7. The predicted octanol–water partition coefficient (Wildman–Crippen LogP) is 6.88. The predicted molar refractivity (Wildman–Crippen MR) is 165 cm³/mol. The molecule has 0 unspecified atom stereocenters. The maximum Gasteiger partial charge on any atom is 0.346 e. The SMILES string of the molecule is O=C(NCCCC[C@]12Cc3ccc4ccccc4c3[C@H](O1)c1c(cc(-c3ccccc3)oc1=O)O2)NCc1ccccc1. The Morgan fingerprint density at radius 3 is 2.44 bits per heavy atom. The first-order valence-corrected chi connectivity index (χ1v) is 14.7. The molecule has 7 heteroatoms. The van der Waals surface area contributed by atoms with Gasteiger partial charge in [-0.15, -0.1) is 0 Å². The van der Waals surface area contributed by atoms with Crippen molar-refractivity contribution in [3.05, 3.63) is 136 Å². The number of rotatable bonds is 8. The average molecular weight is 573 g/mol. The third kappa shape index (κ3) is 5.40. The van der Waals surface area contributed by atoms with Gasteiger partial charge in [0.1, 0.15) is 23.2 Å². The second kappa shape index (κ2) is 11.4. The van der Waals surface area contributed by atoms with E-state index in [1.54, 1.807) is 0 Å². The Balaban J connectivity index is 1.13. The van der Waals surface area contributed by atoms with Crippen LogP contribution in [0.1, 0.15) is 47.6 Å². The summed E-state index contributed by atoms with van der Waals surface area (Å²) in [5.74, 6) is 0.0245. The van der Waals surface area contributed by atoms with Crippen molar-refractivity contribution < 1.29 is 18.7 Å². The zero-order chi connectivity index (χ0) is 29.2. The van der Waals surface area contributed by atoms with Crippen LogP contribution in [0.15, 0.2) is 112 Å². The van der Waals surface area contributed by atoms with Crippen molar-refractivity contribution in [1.29, 1.82) is 0 Å². The molecule has 0 saturated heterocycles. The molecule has 0 saturated carbocycles. The van der Waals surface area contributed by atoms with Crippen LogP contribution in [0.25, 0.3) is 22.1 Å². The number of ether oxygens (including phenoxy) is 2. The molecule has 5 aromatic rings. The number of urea groups is 1. The van der Waals surface area contributed by atoms with Gasteiger partial charge >= 0.3 is 11.7 Å². The Bertz CT molecular complexity index is 1840. The van der Waals surface area contributed by atoms with E-state index in [9.17, 15) is 9.59 Å².